The van der Waals surface area contributed by atoms with E-state index in [9.17, 15) is 35.9 Å². The molecule has 0 radical (unpaired) electrons. The molecule has 2 heterocycles. The molecule has 6 rings (SSSR count). The normalized spacial score (nSPS) is 20.8. The number of carbonyl (C=O) groups is 2. The van der Waals surface area contributed by atoms with Crippen LogP contribution in [0.15, 0.2) is 60.7 Å². The lowest BCUT2D eigenvalue weighted by Gasteiger charge is -2.46. The van der Waals surface area contributed by atoms with E-state index in [2.05, 4.69) is 17.0 Å². The van der Waals surface area contributed by atoms with Gasteiger partial charge in [0.15, 0.2) is 0 Å². The first-order chi connectivity index (χ1) is 27.0. The third kappa shape index (κ3) is 10.1. The lowest BCUT2D eigenvalue weighted by molar-refractivity contribution is -0.143. The third-order valence-electron chi connectivity index (χ3n) is 11.6. The Hall–Kier alpha value is -3.11. The number of piperidine rings is 1. The molecule has 3 aromatic rings. The maximum Gasteiger partial charge on any atom is 0.416 e. The topological polar surface area (TPSA) is 82.5 Å². The SMILES string of the molecule is CN(CCCCO)C(=O)CO[C@H]1Cc2ccccc2C12CCN(CC[C@]1(c3ccc(Cl)c(Cl)c3)CN(C(=O)c3cc(C(F)(F)F)cc(C(F)(F)F)c3)CCO1)CC2.Cl. The van der Waals surface area contributed by atoms with Crippen molar-refractivity contribution in [3.8, 4) is 0 Å². The highest BCUT2D eigenvalue weighted by molar-refractivity contribution is 6.42. The summed E-state index contributed by atoms with van der Waals surface area (Å²) < 4.78 is 95.1. The monoisotopic (exact) mass is 879 g/mol. The number of amides is 2. The van der Waals surface area contributed by atoms with E-state index >= 15 is 0 Å². The second kappa shape index (κ2) is 18.7. The molecule has 2 fully saturated rings. The van der Waals surface area contributed by atoms with Gasteiger partial charge in [0.05, 0.1) is 40.4 Å². The van der Waals surface area contributed by atoms with Crippen molar-refractivity contribution in [2.24, 2.45) is 0 Å². The fraction of sp³-hybridized carbons (Fsp3) is 0.512. The van der Waals surface area contributed by atoms with Gasteiger partial charge < -0.3 is 29.3 Å². The summed E-state index contributed by atoms with van der Waals surface area (Å²) in [5.74, 6) is -1.11. The van der Waals surface area contributed by atoms with Gasteiger partial charge in [-0.3, -0.25) is 9.59 Å². The zero-order valence-corrected chi connectivity index (χ0v) is 34.1. The summed E-state index contributed by atoms with van der Waals surface area (Å²) >= 11 is 12.7. The van der Waals surface area contributed by atoms with Gasteiger partial charge in [0.2, 0.25) is 5.91 Å². The zero-order valence-electron chi connectivity index (χ0n) is 31.8. The first-order valence-electron chi connectivity index (χ1n) is 18.9. The number of aliphatic hydroxyl groups excluding tert-OH is 1. The van der Waals surface area contributed by atoms with E-state index in [4.69, 9.17) is 37.8 Å². The van der Waals surface area contributed by atoms with Gasteiger partial charge in [-0.15, -0.1) is 12.4 Å². The molecule has 2 amide bonds. The lowest BCUT2D eigenvalue weighted by Crippen LogP contribution is -2.54. The van der Waals surface area contributed by atoms with Crippen molar-refractivity contribution in [1.29, 1.82) is 0 Å². The Labute approximate surface area is 349 Å². The summed E-state index contributed by atoms with van der Waals surface area (Å²) in [5.41, 5.74) is -2.47. The fourth-order valence-corrected chi connectivity index (χ4v) is 8.71. The van der Waals surface area contributed by atoms with Crippen molar-refractivity contribution in [2.45, 2.75) is 68.0 Å². The predicted octanol–water partition coefficient (Wildman–Crippen LogP) is 8.42. The number of halogens is 9. The van der Waals surface area contributed by atoms with Crippen molar-refractivity contribution in [2.75, 3.05) is 66.1 Å². The van der Waals surface area contributed by atoms with Crippen LogP contribution in [0.5, 0.6) is 0 Å². The van der Waals surface area contributed by atoms with Gasteiger partial charge in [0.25, 0.3) is 5.91 Å². The molecular formula is C41H46Cl3F6N3O5. The molecule has 17 heteroatoms. The molecule has 8 nitrogen and oxygen atoms in total. The number of carbonyl (C=O) groups excluding carboxylic acids is 2. The second-order valence-electron chi connectivity index (χ2n) is 15.1. The molecule has 318 valence electrons. The number of hydrogen-bond acceptors (Lipinski definition) is 6. The van der Waals surface area contributed by atoms with Crippen molar-refractivity contribution < 1.29 is 50.5 Å². The molecule has 0 aromatic heterocycles. The molecule has 0 bridgehead atoms. The maximum absolute atomic E-state index is 13.8. The van der Waals surface area contributed by atoms with Gasteiger partial charge in [0, 0.05) is 44.3 Å². The van der Waals surface area contributed by atoms with E-state index in [-0.39, 0.29) is 78.9 Å². The zero-order chi connectivity index (χ0) is 41.2. The lowest BCUT2D eigenvalue weighted by atomic mass is 9.72. The van der Waals surface area contributed by atoms with Crippen LogP contribution in [0.2, 0.25) is 10.0 Å². The van der Waals surface area contributed by atoms with Crippen LogP contribution in [0.1, 0.15) is 70.3 Å². The minimum Gasteiger partial charge on any atom is -0.396 e. The van der Waals surface area contributed by atoms with Gasteiger partial charge in [-0.2, -0.15) is 26.3 Å². The van der Waals surface area contributed by atoms with Crippen molar-refractivity contribution in [3.05, 3.63) is 104 Å². The molecule has 3 aromatic carbocycles. The number of nitrogens with zero attached hydrogens (tertiary/aromatic N) is 3. The third-order valence-corrected chi connectivity index (χ3v) is 12.4. The minimum absolute atomic E-state index is 0. The van der Waals surface area contributed by atoms with Gasteiger partial charge in [-0.1, -0.05) is 53.5 Å². The Kier molecular flexibility index (Phi) is 14.8. The van der Waals surface area contributed by atoms with Crippen molar-refractivity contribution in [1.82, 2.24) is 14.7 Å². The van der Waals surface area contributed by atoms with Crippen LogP contribution in [0.25, 0.3) is 0 Å². The molecular weight excluding hydrogens is 835 g/mol. The number of alkyl halides is 6. The largest absolute Gasteiger partial charge is 0.416 e. The predicted molar refractivity (Wildman–Crippen MR) is 210 cm³/mol. The van der Waals surface area contributed by atoms with E-state index < -0.39 is 40.6 Å². The fourth-order valence-electron chi connectivity index (χ4n) is 8.41. The molecule has 2 atom stereocenters. The molecule has 1 N–H and O–H groups in total. The van der Waals surface area contributed by atoms with Gasteiger partial charge in [0.1, 0.15) is 12.2 Å². The standard InChI is InChI=1S/C41H45Cl2F6N3O5.ClH/c1-50(13-4-5-18-53)36(54)25-56-35-22-27-6-2-3-7-32(27)38(35)10-14-51(15-11-38)16-12-39(29-8-9-33(42)34(43)24-29)26-52(17-19-57-39)37(55)28-20-30(40(44,45)46)23-31(21-28)41(47,48)49;/h2-3,6-9,20-21,23-24,35,53H,4-5,10-19,22,25-26H2,1H3;1H/t35-,39+;/m0./s1. The van der Waals surface area contributed by atoms with Gasteiger partial charge in [-0.25, -0.2) is 0 Å². The average Bonchev–Trinajstić information content (AvgIpc) is 3.48. The summed E-state index contributed by atoms with van der Waals surface area (Å²) in [7, 11) is 1.73. The maximum atomic E-state index is 13.8. The summed E-state index contributed by atoms with van der Waals surface area (Å²) in [6.45, 7) is 2.07. The number of hydrogen-bond donors (Lipinski definition) is 1. The molecule has 2 saturated heterocycles. The number of rotatable bonds is 12. The molecule has 2 aliphatic heterocycles. The van der Waals surface area contributed by atoms with E-state index in [1.807, 2.05) is 12.1 Å². The van der Waals surface area contributed by atoms with E-state index in [0.29, 0.717) is 69.6 Å². The Morgan fingerprint density at radius 3 is 2.24 bits per heavy atom. The summed E-state index contributed by atoms with van der Waals surface area (Å²) in [5, 5.41) is 9.59. The van der Waals surface area contributed by atoms with E-state index in [0.717, 1.165) is 12.8 Å². The van der Waals surface area contributed by atoms with Gasteiger partial charge in [-0.05, 0) is 98.6 Å². The number of benzene rings is 3. The Morgan fingerprint density at radius 1 is 0.931 bits per heavy atom. The first-order valence-corrected chi connectivity index (χ1v) is 19.7. The quantitative estimate of drug-likeness (QED) is 0.146. The number of unbranched alkanes of at least 4 members (excludes halogenated alkanes) is 1. The van der Waals surface area contributed by atoms with Crippen LogP contribution < -0.4 is 0 Å². The first kappa shape index (κ1) is 46.0. The number of likely N-dealkylation sites (N-methyl/N-ethyl adjacent to an activating group) is 1. The summed E-state index contributed by atoms with van der Waals surface area (Å²) in [6.07, 6.45) is -6.69. The second-order valence-corrected chi connectivity index (χ2v) is 16.0. The minimum atomic E-state index is -5.11. The Balaban J connectivity index is 0.00000641. The highest BCUT2D eigenvalue weighted by atomic mass is 35.5. The van der Waals surface area contributed by atoms with Crippen molar-refractivity contribution in [3.63, 3.8) is 0 Å². The van der Waals surface area contributed by atoms with Gasteiger partial charge >= 0.3 is 12.4 Å². The number of fused-ring (bicyclic) bond motifs is 2. The van der Waals surface area contributed by atoms with Crippen LogP contribution in [0.3, 0.4) is 0 Å². The number of aliphatic hydroxyl groups is 1. The van der Waals surface area contributed by atoms with E-state index in [1.54, 1.807) is 30.1 Å². The smallest absolute Gasteiger partial charge is 0.396 e. The summed E-state index contributed by atoms with van der Waals surface area (Å²) in [6, 6.07) is 14.0. The average molecular weight is 881 g/mol. The van der Waals surface area contributed by atoms with Crippen LogP contribution >= 0.6 is 35.6 Å². The van der Waals surface area contributed by atoms with Crippen LogP contribution in [-0.2, 0) is 44.1 Å². The van der Waals surface area contributed by atoms with Crippen molar-refractivity contribution >= 4 is 47.4 Å². The Bertz CT molecular complexity index is 1890. The molecule has 1 spiro atoms. The number of likely N-dealkylation sites (tertiary alicyclic amines) is 1. The molecule has 58 heavy (non-hydrogen) atoms. The van der Waals surface area contributed by atoms with E-state index in [1.165, 1.54) is 16.0 Å². The molecule has 3 aliphatic rings. The Morgan fingerprint density at radius 2 is 1.60 bits per heavy atom. The number of morpholine rings is 1. The van der Waals surface area contributed by atoms with Crippen LogP contribution in [0.4, 0.5) is 26.3 Å². The summed E-state index contributed by atoms with van der Waals surface area (Å²) in [4.78, 5) is 31.9. The number of ether oxygens (including phenoxy) is 2. The highest BCUT2D eigenvalue weighted by Gasteiger charge is 2.50. The highest BCUT2D eigenvalue weighted by Crippen LogP contribution is 2.48. The molecule has 0 unspecified atom stereocenters. The molecule has 0 saturated carbocycles. The van der Waals surface area contributed by atoms with Crippen LogP contribution in [-0.4, -0.2) is 104 Å². The van der Waals surface area contributed by atoms with Crippen LogP contribution in [0, 0.1) is 0 Å². The molecule has 1 aliphatic carbocycles.